The van der Waals surface area contributed by atoms with Crippen molar-refractivity contribution in [1.29, 1.82) is 0 Å². The number of likely N-dealkylation sites (N-methyl/N-ethyl adjacent to an activating group) is 1. The lowest BCUT2D eigenvalue weighted by Crippen LogP contribution is -2.26. The summed E-state index contributed by atoms with van der Waals surface area (Å²) in [5, 5.41) is 8.87. The SMILES string of the molecule is C=C(C)CN(CC)c1ncc(C(=O)O)cc1C. The Bertz CT molecular complexity index is 441. The van der Waals surface area contributed by atoms with Crippen molar-refractivity contribution in [3.8, 4) is 0 Å². The van der Waals surface area contributed by atoms with Gasteiger partial charge in [0.25, 0.3) is 0 Å². The lowest BCUT2D eigenvalue weighted by molar-refractivity contribution is 0.0696. The number of aromatic carboxylic acids is 1. The fourth-order valence-corrected chi connectivity index (χ4v) is 1.68. The minimum absolute atomic E-state index is 0.220. The van der Waals surface area contributed by atoms with Gasteiger partial charge in [-0.05, 0) is 32.4 Å². The van der Waals surface area contributed by atoms with Crippen LogP contribution < -0.4 is 4.90 Å². The van der Waals surface area contributed by atoms with Crippen LogP contribution in [0.2, 0.25) is 0 Å². The van der Waals surface area contributed by atoms with Crippen molar-refractivity contribution < 1.29 is 9.90 Å². The van der Waals surface area contributed by atoms with Crippen LogP contribution in [0.4, 0.5) is 5.82 Å². The molecule has 4 heteroatoms. The third-order valence-corrected chi connectivity index (χ3v) is 2.44. The molecule has 0 aliphatic rings. The molecule has 0 saturated carbocycles. The molecule has 0 bridgehead atoms. The van der Waals surface area contributed by atoms with Gasteiger partial charge in [0.15, 0.2) is 0 Å². The third-order valence-electron chi connectivity index (χ3n) is 2.44. The first-order chi connectivity index (χ1) is 7.95. The second kappa shape index (κ2) is 5.48. The Hall–Kier alpha value is -1.84. The van der Waals surface area contributed by atoms with E-state index in [1.54, 1.807) is 6.07 Å². The molecule has 0 aliphatic heterocycles. The van der Waals surface area contributed by atoms with Crippen LogP contribution in [0.25, 0.3) is 0 Å². The summed E-state index contributed by atoms with van der Waals surface area (Å²) >= 11 is 0. The number of carboxylic acid groups (broad SMARTS) is 1. The summed E-state index contributed by atoms with van der Waals surface area (Å²) in [5.74, 6) is -0.129. The maximum absolute atomic E-state index is 10.8. The van der Waals surface area contributed by atoms with Gasteiger partial charge in [-0.3, -0.25) is 0 Å². The smallest absolute Gasteiger partial charge is 0.337 e. The highest BCUT2D eigenvalue weighted by molar-refractivity contribution is 5.87. The molecular formula is C13H18N2O2. The summed E-state index contributed by atoms with van der Waals surface area (Å²) in [6.07, 6.45) is 1.39. The van der Waals surface area contributed by atoms with E-state index in [1.165, 1.54) is 6.20 Å². The predicted molar refractivity (Wildman–Crippen MR) is 68.6 cm³/mol. The summed E-state index contributed by atoms with van der Waals surface area (Å²) in [4.78, 5) is 17.1. The van der Waals surface area contributed by atoms with E-state index >= 15 is 0 Å². The maximum Gasteiger partial charge on any atom is 0.337 e. The van der Waals surface area contributed by atoms with Crippen LogP contribution in [0.15, 0.2) is 24.4 Å². The molecule has 0 atom stereocenters. The van der Waals surface area contributed by atoms with E-state index in [2.05, 4.69) is 16.5 Å². The second-order valence-corrected chi connectivity index (χ2v) is 4.14. The Morgan fingerprint density at radius 2 is 2.24 bits per heavy atom. The van der Waals surface area contributed by atoms with Crippen molar-refractivity contribution in [3.05, 3.63) is 35.5 Å². The molecule has 17 heavy (non-hydrogen) atoms. The molecular weight excluding hydrogens is 216 g/mol. The second-order valence-electron chi connectivity index (χ2n) is 4.14. The van der Waals surface area contributed by atoms with Gasteiger partial charge in [0.05, 0.1) is 5.56 Å². The number of rotatable bonds is 5. The molecule has 0 radical (unpaired) electrons. The zero-order valence-corrected chi connectivity index (χ0v) is 10.5. The van der Waals surface area contributed by atoms with Crippen molar-refractivity contribution >= 4 is 11.8 Å². The van der Waals surface area contributed by atoms with E-state index in [9.17, 15) is 4.79 Å². The largest absolute Gasteiger partial charge is 0.478 e. The number of aromatic nitrogens is 1. The number of carbonyl (C=O) groups is 1. The Kier molecular flexibility index (Phi) is 4.26. The molecule has 0 spiro atoms. The van der Waals surface area contributed by atoms with Gasteiger partial charge in [-0.1, -0.05) is 12.2 Å². The number of hydrogen-bond acceptors (Lipinski definition) is 3. The molecule has 1 aromatic heterocycles. The summed E-state index contributed by atoms with van der Waals surface area (Å²) in [6.45, 7) is 11.3. The van der Waals surface area contributed by atoms with Gasteiger partial charge < -0.3 is 10.0 Å². The van der Waals surface area contributed by atoms with Crippen LogP contribution in [-0.4, -0.2) is 29.1 Å². The molecule has 1 N–H and O–H groups in total. The van der Waals surface area contributed by atoms with E-state index in [0.29, 0.717) is 0 Å². The summed E-state index contributed by atoms with van der Waals surface area (Å²) < 4.78 is 0. The highest BCUT2D eigenvalue weighted by atomic mass is 16.4. The highest BCUT2D eigenvalue weighted by Gasteiger charge is 2.12. The van der Waals surface area contributed by atoms with Crippen molar-refractivity contribution in [1.82, 2.24) is 4.98 Å². The molecule has 0 fully saturated rings. The molecule has 1 heterocycles. The zero-order chi connectivity index (χ0) is 13.0. The van der Waals surface area contributed by atoms with E-state index in [4.69, 9.17) is 5.11 Å². The van der Waals surface area contributed by atoms with Gasteiger partial charge in [-0.2, -0.15) is 0 Å². The first-order valence-corrected chi connectivity index (χ1v) is 5.55. The van der Waals surface area contributed by atoms with Crippen molar-refractivity contribution in [2.45, 2.75) is 20.8 Å². The van der Waals surface area contributed by atoms with E-state index < -0.39 is 5.97 Å². The van der Waals surface area contributed by atoms with E-state index in [-0.39, 0.29) is 5.56 Å². The Morgan fingerprint density at radius 3 is 2.65 bits per heavy atom. The minimum atomic E-state index is -0.949. The first-order valence-electron chi connectivity index (χ1n) is 5.55. The monoisotopic (exact) mass is 234 g/mol. The molecule has 92 valence electrons. The zero-order valence-electron chi connectivity index (χ0n) is 10.5. The van der Waals surface area contributed by atoms with Gasteiger partial charge >= 0.3 is 5.97 Å². The average molecular weight is 234 g/mol. The van der Waals surface area contributed by atoms with Crippen LogP contribution >= 0.6 is 0 Å². The van der Waals surface area contributed by atoms with Gasteiger partial charge in [-0.15, -0.1) is 0 Å². The Labute approximate surface area is 102 Å². The minimum Gasteiger partial charge on any atom is -0.478 e. The fraction of sp³-hybridized carbons (Fsp3) is 0.385. The molecule has 1 aromatic rings. The topological polar surface area (TPSA) is 53.4 Å². The average Bonchev–Trinajstić information content (AvgIpc) is 2.25. The lowest BCUT2D eigenvalue weighted by Gasteiger charge is -2.23. The summed E-state index contributed by atoms with van der Waals surface area (Å²) in [5.41, 5.74) is 2.14. The predicted octanol–water partition coefficient (Wildman–Crippen LogP) is 2.49. The number of aryl methyl sites for hydroxylation is 1. The Balaban J connectivity index is 3.04. The van der Waals surface area contributed by atoms with Crippen LogP contribution in [-0.2, 0) is 0 Å². The number of hydrogen-bond donors (Lipinski definition) is 1. The summed E-state index contributed by atoms with van der Waals surface area (Å²) in [6, 6.07) is 1.64. The summed E-state index contributed by atoms with van der Waals surface area (Å²) in [7, 11) is 0. The normalized spacial score (nSPS) is 10.1. The van der Waals surface area contributed by atoms with Gasteiger partial charge in [0, 0.05) is 19.3 Å². The fourth-order valence-electron chi connectivity index (χ4n) is 1.68. The quantitative estimate of drug-likeness (QED) is 0.795. The van der Waals surface area contributed by atoms with Gasteiger partial charge in [0.2, 0.25) is 0 Å². The lowest BCUT2D eigenvalue weighted by atomic mass is 10.2. The van der Waals surface area contributed by atoms with Crippen molar-refractivity contribution in [2.75, 3.05) is 18.0 Å². The van der Waals surface area contributed by atoms with Crippen molar-refractivity contribution in [2.24, 2.45) is 0 Å². The van der Waals surface area contributed by atoms with Crippen molar-refractivity contribution in [3.63, 3.8) is 0 Å². The van der Waals surface area contributed by atoms with Crippen LogP contribution in [0.3, 0.4) is 0 Å². The molecule has 0 aliphatic carbocycles. The third kappa shape index (κ3) is 3.31. The van der Waals surface area contributed by atoms with Crippen LogP contribution in [0.5, 0.6) is 0 Å². The van der Waals surface area contributed by atoms with E-state index in [0.717, 1.165) is 30.0 Å². The number of anilines is 1. The first kappa shape index (κ1) is 13.2. The van der Waals surface area contributed by atoms with Crippen LogP contribution in [0, 0.1) is 6.92 Å². The Morgan fingerprint density at radius 1 is 1.59 bits per heavy atom. The van der Waals surface area contributed by atoms with Gasteiger partial charge in [0.1, 0.15) is 5.82 Å². The molecule has 0 unspecified atom stereocenters. The number of carboxylic acids is 1. The molecule has 0 saturated heterocycles. The van der Waals surface area contributed by atoms with E-state index in [1.807, 2.05) is 20.8 Å². The molecule has 1 rings (SSSR count). The molecule has 4 nitrogen and oxygen atoms in total. The highest BCUT2D eigenvalue weighted by Crippen LogP contribution is 2.18. The maximum atomic E-state index is 10.8. The van der Waals surface area contributed by atoms with Crippen LogP contribution in [0.1, 0.15) is 29.8 Å². The van der Waals surface area contributed by atoms with Gasteiger partial charge in [-0.25, -0.2) is 9.78 Å². The molecule has 0 amide bonds. The molecule has 0 aromatic carbocycles. The number of nitrogens with zero attached hydrogens (tertiary/aromatic N) is 2. The number of pyridine rings is 1. The standard InChI is InChI=1S/C13H18N2O2/c1-5-15(8-9(2)3)12-10(4)6-11(7-14-12)13(16)17/h6-7H,2,5,8H2,1,3-4H3,(H,16,17).